The zero-order valence-electron chi connectivity index (χ0n) is 12.0. The molecule has 0 fully saturated rings. The topological polar surface area (TPSA) is 50.7 Å². The van der Waals surface area contributed by atoms with Gasteiger partial charge in [0.2, 0.25) is 0 Å². The first-order valence-corrected chi connectivity index (χ1v) is 6.70. The molecule has 2 aromatic rings. The minimum atomic E-state index is 0.768. The second-order valence-electron chi connectivity index (χ2n) is 4.59. The number of nitrogens with zero attached hydrogens (tertiary/aromatic N) is 3. The highest BCUT2D eigenvalue weighted by Gasteiger charge is 2.07. The Morgan fingerprint density at radius 1 is 0.947 bits per heavy atom. The van der Waals surface area contributed by atoms with Gasteiger partial charge in [-0.1, -0.05) is 6.92 Å². The molecule has 0 unspecified atom stereocenters. The van der Waals surface area contributed by atoms with E-state index in [2.05, 4.69) is 34.1 Å². The van der Waals surface area contributed by atoms with Crippen LogP contribution in [0.3, 0.4) is 0 Å². The largest absolute Gasteiger partial charge is 0.370 e. The molecule has 0 aliphatic carbocycles. The molecule has 0 bridgehead atoms. The predicted octanol–water partition coefficient (Wildman–Crippen LogP) is 3.15. The highest BCUT2D eigenvalue weighted by molar-refractivity contribution is 5.58. The molecule has 4 heteroatoms. The van der Waals surface area contributed by atoms with Crippen molar-refractivity contribution in [3.8, 4) is 11.4 Å². The summed E-state index contributed by atoms with van der Waals surface area (Å²) in [6.07, 6.45) is 0.900. The average molecular weight is 256 g/mol. The molecule has 2 heterocycles. The summed E-state index contributed by atoms with van der Waals surface area (Å²) in [7, 11) is 0. The number of aromatic nitrogens is 3. The van der Waals surface area contributed by atoms with Crippen LogP contribution in [0.4, 0.5) is 5.82 Å². The molecule has 0 aliphatic heterocycles. The van der Waals surface area contributed by atoms with E-state index in [4.69, 9.17) is 0 Å². The molecule has 0 saturated heterocycles. The molecule has 0 radical (unpaired) electrons. The van der Waals surface area contributed by atoms with E-state index in [1.54, 1.807) is 0 Å². The van der Waals surface area contributed by atoms with Crippen molar-refractivity contribution in [3.05, 3.63) is 35.3 Å². The number of hydrogen-bond donors (Lipinski definition) is 1. The Bertz CT molecular complexity index is 558. The van der Waals surface area contributed by atoms with Crippen LogP contribution in [-0.4, -0.2) is 21.5 Å². The molecule has 0 saturated carbocycles. The zero-order valence-corrected chi connectivity index (χ0v) is 12.0. The van der Waals surface area contributed by atoms with Crippen molar-refractivity contribution in [3.63, 3.8) is 0 Å². The third-order valence-corrected chi connectivity index (χ3v) is 2.84. The highest BCUT2D eigenvalue weighted by Crippen LogP contribution is 2.19. The van der Waals surface area contributed by atoms with Gasteiger partial charge in [0.15, 0.2) is 5.82 Å². The van der Waals surface area contributed by atoms with E-state index in [1.807, 2.05) is 32.0 Å². The van der Waals surface area contributed by atoms with Gasteiger partial charge in [-0.3, -0.25) is 4.98 Å². The Labute approximate surface area is 114 Å². The summed E-state index contributed by atoms with van der Waals surface area (Å²) in [6, 6.07) is 6.06. The zero-order chi connectivity index (χ0) is 13.8. The molecule has 0 amide bonds. The van der Waals surface area contributed by atoms with Crippen LogP contribution in [0.1, 0.15) is 30.9 Å². The predicted molar refractivity (Wildman–Crippen MR) is 78.3 cm³/mol. The van der Waals surface area contributed by atoms with E-state index in [-0.39, 0.29) is 0 Å². The summed E-state index contributed by atoms with van der Waals surface area (Å²) in [5, 5.41) is 3.25. The van der Waals surface area contributed by atoms with Gasteiger partial charge in [-0.05, 0) is 39.3 Å². The first-order chi connectivity index (χ1) is 9.12. The summed E-state index contributed by atoms with van der Waals surface area (Å²) < 4.78 is 0. The Balaban J connectivity index is 2.50. The van der Waals surface area contributed by atoms with E-state index in [0.29, 0.717) is 0 Å². The Morgan fingerprint density at radius 2 is 1.63 bits per heavy atom. The van der Waals surface area contributed by atoms with Crippen molar-refractivity contribution < 1.29 is 0 Å². The van der Waals surface area contributed by atoms with Gasteiger partial charge in [-0.15, -0.1) is 0 Å². The standard InChI is InChI=1S/C15H20N4/c1-5-13-9-14(16-6-2)19-15(18-13)12-7-10(3)17-11(4)8-12/h7-9H,5-6H2,1-4H3,(H,16,18,19). The lowest BCUT2D eigenvalue weighted by Crippen LogP contribution is -2.04. The number of pyridine rings is 1. The average Bonchev–Trinajstić information content (AvgIpc) is 2.37. The SMILES string of the molecule is CCNc1cc(CC)nc(-c2cc(C)nc(C)c2)n1. The first kappa shape index (κ1) is 13.5. The van der Waals surface area contributed by atoms with Gasteiger partial charge in [-0.25, -0.2) is 9.97 Å². The molecular formula is C15H20N4. The van der Waals surface area contributed by atoms with Crippen molar-refractivity contribution >= 4 is 5.82 Å². The van der Waals surface area contributed by atoms with Crippen LogP contribution >= 0.6 is 0 Å². The van der Waals surface area contributed by atoms with Crippen LogP contribution in [0, 0.1) is 13.8 Å². The minimum absolute atomic E-state index is 0.768. The maximum Gasteiger partial charge on any atom is 0.161 e. The lowest BCUT2D eigenvalue weighted by molar-refractivity contribution is 0.995. The second kappa shape index (κ2) is 5.78. The van der Waals surface area contributed by atoms with Crippen LogP contribution in [0.15, 0.2) is 18.2 Å². The summed E-state index contributed by atoms with van der Waals surface area (Å²) in [6.45, 7) is 9.00. The highest BCUT2D eigenvalue weighted by atomic mass is 15.0. The van der Waals surface area contributed by atoms with Crippen LogP contribution < -0.4 is 5.32 Å². The Hall–Kier alpha value is -1.97. The summed E-state index contributed by atoms with van der Waals surface area (Å²) in [4.78, 5) is 13.6. The molecule has 100 valence electrons. The quantitative estimate of drug-likeness (QED) is 0.913. The van der Waals surface area contributed by atoms with Crippen molar-refractivity contribution in [1.29, 1.82) is 0 Å². The van der Waals surface area contributed by atoms with Crippen molar-refractivity contribution in [2.45, 2.75) is 34.1 Å². The van der Waals surface area contributed by atoms with Gasteiger partial charge >= 0.3 is 0 Å². The molecular weight excluding hydrogens is 236 g/mol. The van der Waals surface area contributed by atoms with Crippen molar-refractivity contribution in [2.24, 2.45) is 0 Å². The lowest BCUT2D eigenvalue weighted by Gasteiger charge is -2.09. The maximum absolute atomic E-state index is 4.61. The van der Waals surface area contributed by atoms with Gasteiger partial charge in [-0.2, -0.15) is 0 Å². The summed E-state index contributed by atoms with van der Waals surface area (Å²) >= 11 is 0. The van der Waals surface area contributed by atoms with E-state index < -0.39 is 0 Å². The number of anilines is 1. The third kappa shape index (κ3) is 3.28. The third-order valence-electron chi connectivity index (χ3n) is 2.84. The number of rotatable bonds is 4. The smallest absolute Gasteiger partial charge is 0.161 e. The van der Waals surface area contributed by atoms with E-state index in [9.17, 15) is 0 Å². The first-order valence-electron chi connectivity index (χ1n) is 6.70. The molecule has 2 aromatic heterocycles. The number of aryl methyl sites for hydroxylation is 3. The fourth-order valence-electron chi connectivity index (χ4n) is 2.04. The molecule has 4 nitrogen and oxygen atoms in total. The van der Waals surface area contributed by atoms with Crippen LogP contribution in [-0.2, 0) is 6.42 Å². The molecule has 0 spiro atoms. The summed E-state index contributed by atoms with van der Waals surface area (Å²) in [5.41, 5.74) is 4.06. The molecule has 2 rings (SSSR count). The van der Waals surface area contributed by atoms with Crippen LogP contribution in [0.5, 0.6) is 0 Å². The maximum atomic E-state index is 4.61. The molecule has 0 aromatic carbocycles. The van der Waals surface area contributed by atoms with E-state index in [0.717, 1.165) is 47.3 Å². The van der Waals surface area contributed by atoms with Gasteiger partial charge in [0, 0.05) is 35.3 Å². The van der Waals surface area contributed by atoms with Gasteiger partial charge < -0.3 is 5.32 Å². The molecule has 0 atom stereocenters. The van der Waals surface area contributed by atoms with Gasteiger partial charge in [0.05, 0.1) is 0 Å². The van der Waals surface area contributed by atoms with Crippen molar-refractivity contribution in [2.75, 3.05) is 11.9 Å². The number of nitrogens with one attached hydrogen (secondary N) is 1. The second-order valence-corrected chi connectivity index (χ2v) is 4.59. The Morgan fingerprint density at radius 3 is 2.21 bits per heavy atom. The lowest BCUT2D eigenvalue weighted by atomic mass is 10.2. The molecule has 0 aliphatic rings. The fourth-order valence-corrected chi connectivity index (χ4v) is 2.04. The van der Waals surface area contributed by atoms with Gasteiger partial charge in [0.1, 0.15) is 5.82 Å². The minimum Gasteiger partial charge on any atom is -0.370 e. The van der Waals surface area contributed by atoms with E-state index in [1.165, 1.54) is 0 Å². The summed E-state index contributed by atoms with van der Waals surface area (Å²) in [5.74, 6) is 1.65. The van der Waals surface area contributed by atoms with Crippen LogP contribution in [0.2, 0.25) is 0 Å². The Kier molecular flexibility index (Phi) is 4.10. The normalized spacial score (nSPS) is 10.5. The van der Waals surface area contributed by atoms with Crippen molar-refractivity contribution in [1.82, 2.24) is 15.0 Å². The molecule has 1 N–H and O–H groups in total. The van der Waals surface area contributed by atoms with Gasteiger partial charge in [0.25, 0.3) is 0 Å². The van der Waals surface area contributed by atoms with Crippen LogP contribution in [0.25, 0.3) is 11.4 Å². The van der Waals surface area contributed by atoms with E-state index >= 15 is 0 Å². The monoisotopic (exact) mass is 256 g/mol. The fraction of sp³-hybridized carbons (Fsp3) is 0.400. The number of hydrogen-bond acceptors (Lipinski definition) is 4. The molecule has 19 heavy (non-hydrogen) atoms.